The van der Waals surface area contributed by atoms with Gasteiger partial charge in [0.05, 0.1) is 18.1 Å². The second kappa shape index (κ2) is 21.7. The van der Waals surface area contributed by atoms with Gasteiger partial charge in [0, 0.05) is 38.2 Å². The Hall–Kier alpha value is -6.29. The molecule has 3 aromatic carbocycles. The van der Waals surface area contributed by atoms with E-state index in [9.17, 15) is 28.8 Å². The zero-order valence-electron chi connectivity index (χ0n) is 44.7. The number of likely N-dealkylation sites (tertiary alicyclic amines) is 1. The van der Waals surface area contributed by atoms with Gasteiger partial charge in [-0.25, -0.2) is 4.79 Å². The maximum Gasteiger partial charge on any atom is 0.410 e. The highest BCUT2D eigenvalue weighted by atomic mass is 16.6. The number of nitrogens with one attached hydrogen (secondary N) is 4. The zero-order valence-corrected chi connectivity index (χ0v) is 44.7. The van der Waals surface area contributed by atoms with Crippen LogP contribution in [0.4, 0.5) is 4.79 Å². The average molecular weight is 1000 g/mol. The molecule has 16 heteroatoms. The number of amides is 7. The molecule has 16 nitrogen and oxygen atoms in total. The molecule has 3 aromatic rings. The van der Waals surface area contributed by atoms with Crippen molar-refractivity contribution in [3.63, 3.8) is 0 Å². The zero-order chi connectivity index (χ0) is 53.3. The number of aryl methyl sites for hydroxylation is 2. The van der Waals surface area contributed by atoms with Crippen molar-refractivity contribution < 1.29 is 38.3 Å². The third kappa shape index (κ3) is 12.6. The molecule has 2 aliphatic heterocycles. The molecule has 394 valence electrons. The van der Waals surface area contributed by atoms with Crippen molar-refractivity contribution in [1.82, 2.24) is 36.0 Å². The molecule has 0 unspecified atom stereocenters. The summed E-state index contributed by atoms with van der Waals surface area (Å²) in [6.07, 6.45) is 4.77. The van der Waals surface area contributed by atoms with Crippen LogP contribution in [-0.4, -0.2) is 112 Å². The van der Waals surface area contributed by atoms with Gasteiger partial charge in [-0.05, 0) is 129 Å². The first kappa shape index (κ1) is 54.5. The van der Waals surface area contributed by atoms with Crippen LogP contribution in [0.1, 0.15) is 157 Å². The highest BCUT2D eigenvalue weighted by Crippen LogP contribution is 2.34. The van der Waals surface area contributed by atoms with Crippen LogP contribution in [0.25, 0.3) is 0 Å². The third-order valence-electron chi connectivity index (χ3n) is 15.0. The van der Waals surface area contributed by atoms with Crippen molar-refractivity contribution in [3.05, 3.63) is 106 Å². The van der Waals surface area contributed by atoms with Crippen LogP contribution in [-0.2, 0) is 54.5 Å². The molecule has 2 aliphatic carbocycles. The van der Waals surface area contributed by atoms with Crippen molar-refractivity contribution in [1.29, 1.82) is 0 Å². The summed E-state index contributed by atoms with van der Waals surface area (Å²) in [5, 5.41) is 12.5. The fraction of sp³-hybridized carbons (Fsp3) is 0.561. The monoisotopic (exact) mass is 1000 g/mol. The molecular weight excluding hydrogens is 925 g/mol. The van der Waals surface area contributed by atoms with E-state index < -0.39 is 76.5 Å². The van der Waals surface area contributed by atoms with Crippen molar-refractivity contribution in [2.45, 2.75) is 181 Å². The van der Waals surface area contributed by atoms with E-state index >= 15 is 4.79 Å². The molecule has 0 saturated carbocycles. The summed E-state index contributed by atoms with van der Waals surface area (Å²) in [7, 11) is 1.46. The van der Waals surface area contributed by atoms with E-state index in [0.29, 0.717) is 11.1 Å². The summed E-state index contributed by atoms with van der Waals surface area (Å²) in [6.45, 7) is 17.9. The number of likely N-dealkylation sites (N-methyl/N-ethyl adjacent to an activating group) is 1. The third-order valence-corrected chi connectivity index (χ3v) is 15.0. The van der Waals surface area contributed by atoms with Gasteiger partial charge in [-0.3, -0.25) is 33.7 Å². The Morgan fingerprint density at radius 3 is 1.79 bits per heavy atom. The molecule has 0 bridgehead atoms. The number of carbonyl (C=O) groups is 7. The maximum absolute atomic E-state index is 15.2. The van der Waals surface area contributed by atoms with Crippen LogP contribution in [0.5, 0.6) is 0 Å². The van der Waals surface area contributed by atoms with E-state index in [1.165, 1.54) is 32.9 Å². The van der Waals surface area contributed by atoms with Crippen molar-refractivity contribution in [2.24, 2.45) is 16.6 Å². The second-order valence-corrected chi connectivity index (χ2v) is 23.8. The molecule has 7 amide bonds. The van der Waals surface area contributed by atoms with Crippen molar-refractivity contribution in [2.75, 3.05) is 13.6 Å². The molecule has 0 spiro atoms. The van der Waals surface area contributed by atoms with Crippen molar-refractivity contribution in [3.8, 4) is 0 Å². The lowest BCUT2D eigenvalue weighted by Crippen LogP contribution is -2.62. The molecule has 73 heavy (non-hydrogen) atoms. The van der Waals surface area contributed by atoms with Gasteiger partial charge >= 0.3 is 6.09 Å². The summed E-state index contributed by atoms with van der Waals surface area (Å²) in [5.74, 6) is -2.51. The smallest absolute Gasteiger partial charge is 0.410 e. The summed E-state index contributed by atoms with van der Waals surface area (Å²) in [4.78, 5) is 104. The lowest BCUT2D eigenvalue weighted by Gasteiger charge is -2.42. The Balaban J connectivity index is 1.14. The molecule has 1 saturated heterocycles. The normalized spacial score (nSPS) is 22.0. The number of hydrogen-bond donors (Lipinski definition) is 5. The van der Waals surface area contributed by atoms with E-state index in [4.69, 9.17) is 10.5 Å². The first-order chi connectivity index (χ1) is 34.2. The van der Waals surface area contributed by atoms with E-state index in [1.807, 2.05) is 84.0 Å². The van der Waals surface area contributed by atoms with Gasteiger partial charge < -0.3 is 41.5 Å². The Morgan fingerprint density at radius 1 is 0.685 bits per heavy atom. The summed E-state index contributed by atoms with van der Waals surface area (Å²) >= 11 is 0. The first-order valence-electron chi connectivity index (χ1n) is 26.0. The lowest BCUT2D eigenvalue weighted by atomic mass is 9.83. The van der Waals surface area contributed by atoms with Crippen LogP contribution in [0, 0.1) is 10.8 Å². The van der Waals surface area contributed by atoms with Crippen LogP contribution in [0.3, 0.4) is 0 Å². The maximum atomic E-state index is 15.2. The van der Waals surface area contributed by atoms with Crippen LogP contribution in [0.15, 0.2) is 66.7 Å². The summed E-state index contributed by atoms with van der Waals surface area (Å²) in [6, 6.07) is 15.4. The Bertz CT molecular complexity index is 2590. The number of nitrogens with zero attached hydrogens (tertiary/aromatic N) is 3. The molecule has 1 fully saturated rings. The Kier molecular flexibility index (Phi) is 16.2. The fourth-order valence-electron chi connectivity index (χ4n) is 10.5. The van der Waals surface area contributed by atoms with Gasteiger partial charge in [-0.15, -0.1) is 0 Å². The standard InChI is InChI=1S/C57H78N8O8/c1-33(63(11)54(72)73-57(8,9)10)48(66)62-47(56(5,6)7)53(71)64-31-38-28-37(27-26-36(38)29-44(64)50(68)60-42-24-16-20-34-18-12-14-22-40(34)42)49(67)59-39-30-45(65(32-39)52(70)46(58)55(2,3)4)51(69)61-43-25-17-21-35-19-13-15-23-41(35)43/h12-15,18-19,22-23,26-28,33,39,42-47H,16-17,20-21,24-25,29-32,58H2,1-11H3,(H,59,67)(H,60,68)(H,61,69)(H,62,66)/t33-,39-,42+,43+,44-,45-,46+,47+/m0/s1. The van der Waals surface area contributed by atoms with Gasteiger partial charge in [0.25, 0.3) is 5.91 Å². The first-order valence-corrected chi connectivity index (χ1v) is 26.0. The number of fused-ring (bicyclic) bond motifs is 3. The minimum atomic E-state index is -1.13. The minimum Gasteiger partial charge on any atom is -0.444 e. The van der Waals surface area contributed by atoms with Gasteiger partial charge in [0.15, 0.2) is 0 Å². The van der Waals surface area contributed by atoms with E-state index in [1.54, 1.807) is 39.8 Å². The lowest BCUT2D eigenvalue weighted by molar-refractivity contribution is -0.147. The Morgan fingerprint density at radius 2 is 1.25 bits per heavy atom. The van der Waals surface area contributed by atoms with E-state index in [0.717, 1.165) is 55.2 Å². The fourth-order valence-corrected chi connectivity index (χ4v) is 10.5. The average Bonchev–Trinajstić information content (AvgIpc) is 3.76. The van der Waals surface area contributed by atoms with E-state index in [2.05, 4.69) is 33.4 Å². The number of hydrogen-bond acceptors (Lipinski definition) is 9. The SMILES string of the molecule is C[C@@H](C(=O)N[C@H](C(=O)N1Cc2cc(C(=O)N[C@H]3C[C@@H](C(=O)N[C@@H]4CCCc5ccccc54)N(C(=O)[C@@H](N)C(C)(C)C)C3)ccc2C[C@H]1C(=O)N[C@@H]1CCCc2ccccc21)C(C)(C)C)N(C)C(=O)OC(C)(C)C. The number of ether oxygens (including phenoxy) is 1. The molecule has 7 rings (SSSR count). The van der Waals surface area contributed by atoms with Crippen LogP contribution < -0.4 is 27.0 Å². The van der Waals surface area contributed by atoms with Gasteiger partial charge in [0.2, 0.25) is 29.5 Å². The van der Waals surface area contributed by atoms with Gasteiger partial charge in [-0.2, -0.15) is 0 Å². The highest BCUT2D eigenvalue weighted by molar-refractivity contribution is 5.97. The van der Waals surface area contributed by atoms with Crippen LogP contribution >= 0.6 is 0 Å². The predicted octanol–water partition coefficient (Wildman–Crippen LogP) is 6.19. The quantitative estimate of drug-likeness (QED) is 0.148. The van der Waals surface area contributed by atoms with Crippen LogP contribution in [0.2, 0.25) is 0 Å². The number of benzene rings is 3. The van der Waals surface area contributed by atoms with Gasteiger partial charge in [0.1, 0.15) is 29.8 Å². The molecule has 0 aromatic heterocycles. The van der Waals surface area contributed by atoms with E-state index in [-0.39, 0.29) is 55.7 Å². The topological polar surface area (TPSA) is 213 Å². The second-order valence-electron chi connectivity index (χ2n) is 23.8. The molecule has 2 heterocycles. The molecule has 4 aliphatic rings. The number of carbonyl (C=O) groups excluding carboxylic acids is 7. The molecule has 8 atom stereocenters. The Labute approximate surface area is 431 Å². The van der Waals surface area contributed by atoms with Crippen molar-refractivity contribution >= 4 is 41.5 Å². The number of nitrogens with two attached hydrogens (primary N) is 1. The van der Waals surface area contributed by atoms with Gasteiger partial charge in [-0.1, -0.05) is 96.1 Å². The predicted molar refractivity (Wildman–Crippen MR) is 279 cm³/mol. The molecule has 0 radical (unpaired) electrons. The molecule has 6 N–H and O–H groups in total. The minimum absolute atomic E-state index is 0.0482. The molecular formula is C57H78N8O8. The summed E-state index contributed by atoms with van der Waals surface area (Å²) in [5.41, 5.74) is 10.5. The highest BCUT2D eigenvalue weighted by Gasteiger charge is 2.46. The number of rotatable bonds is 11. The largest absolute Gasteiger partial charge is 0.444 e. The summed E-state index contributed by atoms with van der Waals surface area (Å²) < 4.78 is 5.51.